The molecule has 1 atom stereocenters. The molecule has 0 saturated carbocycles. The van der Waals surface area contributed by atoms with E-state index in [1.165, 1.54) is 6.07 Å². The predicted molar refractivity (Wildman–Crippen MR) is 96.4 cm³/mol. The Balaban J connectivity index is 2.29. The first-order valence-corrected chi connectivity index (χ1v) is 9.12. The molecule has 0 spiro atoms. The predicted octanol–water partition coefficient (Wildman–Crippen LogP) is 2.52. The molecule has 0 radical (unpaired) electrons. The van der Waals surface area contributed by atoms with Crippen LogP contribution in [0.2, 0.25) is 0 Å². The fourth-order valence-corrected chi connectivity index (χ4v) is 2.88. The molecule has 1 aromatic carbocycles. The Labute approximate surface area is 150 Å². The number of hydrogen-bond donors (Lipinski definition) is 2. The van der Waals surface area contributed by atoms with Gasteiger partial charge in [0.05, 0.1) is 22.2 Å². The molecule has 9 heteroatoms. The summed E-state index contributed by atoms with van der Waals surface area (Å²) in [4.78, 5) is 11.8. The van der Waals surface area contributed by atoms with Crippen molar-refractivity contribution in [1.29, 1.82) is 0 Å². The van der Waals surface area contributed by atoms with Crippen molar-refractivity contribution in [2.75, 3.05) is 5.32 Å². The van der Waals surface area contributed by atoms with E-state index in [-0.39, 0.29) is 11.0 Å². The van der Waals surface area contributed by atoms with E-state index in [1.807, 2.05) is 27.7 Å². The Kier molecular flexibility index (Phi) is 5.63. The zero-order valence-corrected chi connectivity index (χ0v) is 16.1. The van der Waals surface area contributed by atoms with Gasteiger partial charge in [0.2, 0.25) is 0 Å². The first-order valence-electron chi connectivity index (χ1n) is 8.01. The van der Waals surface area contributed by atoms with Crippen LogP contribution in [-0.2, 0) is 25.1 Å². The van der Waals surface area contributed by atoms with Gasteiger partial charge in [0.15, 0.2) is 11.1 Å². The third-order valence-electron chi connectivity index (χ3n) is 4.30. The summed E-state index contributed by atoms with van der Waals surface area (Å²) in [5.41, 5.74) is -0.334. The Hall–Kier alpha value is -1.42. The summed E-state index contributed by atoms with van der Waals surface area (Å²) in [5.74, 6) is 0. The van der Waals surface area contributed by atoms with Gasteiger partial charge in [-0.3, -0.25) is 5.32 Å². The molecule has 1 aliphatic heterocycles. The lowest BCUT2D eigenvalue weighted by atomic mass is 9.79. The average Bonchev–Trinajstić information content (AvgIpc) is 2.66. The lowest BCUT2D eigenvalue weighted by molar-refractivity contribution is 0.00578. The van der Waals surface area contributed by atoms with E-state index >= 15 is 0 Å². The molecule has 2 rings (SSSR count). The number of rotatable bonds is 4. The molecule has 138 valence electrons. The summed E-state index contributed by atoms with van der Waals surface area (Å²) >= 11 is -2.27. The first kappa shape index (κ1) is 19.9. The number of ether oxygens (including phenoxy) is 1. The van der Waals surface area contributed by atoms with Crippen LogP contribution in [0.3, 0.4) is 0 Å². The standard InChI is InChI=1S/C16H24BNO6S/c1-10(2)22-14(19)18-11-7-8-12(13(9-11)25(20)21)17-23-15(3,4)16(5,6)24-17/h7-10H,1-6H3,(H,18,19)(H,20,21). The monoisotopic (exact) mass is 369 g/mol. The van der Waals surface area contributed by atoms with Gasteiger partial charge in [-0.2, -0.15) is 0 Å². The zero-order valence-electron chi connectivity index (χ0n) is 15.3. The Bertz CT molecular complexity index is 675. The molecule has 1 aromatic rings. The topological polar surface area (TPSA) is 94.1 Å². The lowest BCUT2D eigenvalue weighted by Gasteiger charge is -2.32. The van der Waals surface area contributed by atoms with Crippen LogP contribution < -0.4 is 10.8 Å². The second-order valence-electron chi connectivity index (χ2n) is 7.17. The van der Waals surface area contributed by atoms with Crippen LogP contribution in [0.5, 0.6) is 0 Å². The maximum Gasteiger partial charge on any atom is 0.496 e. The Morgan fingerprint density at radius 3 is 2.28 bits per heavy atom. The second kappa shape index (κ2) is 7.07. The normalized spacial score (nSPS) is 19.8. The maximum atomic E-state index is 11.8. The lowest BCUT2D eigenvalue weighted by Crippen LogP contribution is -2.41. The third-order valence-corrected chi connectivity index (χ3v) is 5.03. The molecule has 0 aromatic heterocycles. The van der Waals surface area contributed by atoms with Crippen molar-refractivity contribution in [3.05, 3.63) is 18.2 Å². The van der Waals surface area contributed by atoms with Gasteiger partial charge in [-0.1, -0.05) is 6.07 Å². The van der Waals surface area contributed by atoms with Crippen LogP contribution in [0.15, 0.2) is 23.1 Å². The summed E-state index contributed by atoms with van der Waals surface area (Å²) in [6.45, 7) is 11.1. The molecular formula is C16H24BNO6S. The molecule has 1 heterocycles. The average molecular weight is 369 g/mol. The van der Waals surface area contributed by atoms with Crippen LogP contribution in [0, 0.1) is 0 Å². The number of benzene rings is 1. The van der Waals surface area contributed by atoms with Gasteiger partial charge in [-0.15, -0.1) is 0 Å². The van der Waals surface area contributed by atoms with Gasteiger partial charge in [0.1, 0.15) is 0 Å². The van der Waals surface area contributed by atoms with Crippen molar-refractivity contribution in [3.8, 4) is 0 Å². The van der Waals surface area contributed by atoms with Crippen LogP contribution in [0.4, 0.5) is 10.5 Å². The number of carbonyl (C=O) groups excluding carboxylic acids is 1. The summed E-state index contributed by atoms with van der Waals surface area (Å²) < 4.78 is 38.3. The van der Waals surface area contributed by atoms with E-state index in [1.54, 1.807) is 26.0 Å². The molecule has 7 nitrogen and oxygen atoms in total. The molecular weight excluding hydrogens is 345 g/mol. The van der Waals surface area contributed by atoms with Gasteiger partial charge < -0.3 is 18.6 Å². The van der Waals surface area contributed by atoms with Crippen molar-refractivity contribution in [2.45, 2.75) is 63.7 Å². The van der Waals surface area contributed by atoms with E-state index in [0.717, 1.165) is 0 Å². The summed E-state index contributed by atoms with van der Waals surface area (Å²) in [5, 5.41) is 2.53. The van der Waals surface area contributed by atoms with Crippen LogP contribution >= 0.6 is 0 Å². The quantitative estimate of drug-likeness (QED) is 0.626. The van der Waals surface area contributed by atoms with Gasteiger partial charge in [-0.05, 0) is 53.7 Å². The van der Waals surface area contributed by atoms with Crippen LogP contribution in [-0.4, -0.2) is 39.3 Å². The SMILES string of the molecule is CC(C)OC(=O)Nc1ccc(B2OC(C)(C)C(C)(C)O2)c(S(=O)O)c1. The molecule has 1 unspecified atom stereocenters. The molecule has 0 bridgehead atoms. The molecule has 1 amide bonds. The molecule has 25 heavy (non-hydrogen) atoms. The number of amides is 1. The smallest absolute Gasteiger partial charge is 0.447 e. The Morgan fingerprint density at radius 2 is 1.80 bits per heavy atom. The van der Waals surface area contributed by atoms with Gasteiger partial charge in [0.25, 0.3) is 0 Å². The minimum Gasteiger partial charge on any atom is -0.447 e. The minimum atomic E-state index is -2.27. The van der Waals surface area contributed by atoms with E-state index in [2.05, 4.69) is 5.32 Å². The molecule has 1 saturated heterocycles. The van der Waals surface area contributed by atoms with Crippen molar-refractivity contribution < 1.29 is 27.6 Å². The molecule has 2 N–H and O–H groups in total. The highest BCUT2D eigenvalue weighted by Gasteiger charge is 2.52. The number of nitrogens with one attached hydrogen (secondary N) is 1. The summed E-state index contributed by atoms with van der Waals surface area (Å²) in [7, 11) is -0.771. The highest BCUT2D eigenvalue weighted by Crippen LogP contribution is 2.37. The van der Waals surface area contributed by atoms with Crippen molar-refractivity contribution in [2.24, 2.45) is 0 Å². The fourth-order valence-electron chi connectivity index (χ4n) is 2.29. The van der Waals surface area contributed by atoms with Gasteiger partial charge in [-0.25, -0.2) is 9.00 Å². The highest BCUT2D eigenvalue weighted by atomic mass is 32.2. The number of hydrogen-bond acceptors (Lipinski definition) is 5. The van der Waals surface area contributed by atoms with Gasteiger partial charge in [0, 0.05) is 11.2 Å². The largest absolute Gasteiger partial charge is 0.496 e. The summed E-state index contributed by atoms with van der Waals surface area (Å²) in [6.07, 6.45) is -0.900. The number of anilines is 1. The van der Waals surface area contributed by atoms with Crippen molar-refractivity contribution in [1.82, 2.24) is 0 Å². The second-order valence-corrected chi connectivity index (χ2v) is 8.11. The third kappa shape index (κ3) is 4.41. The van der Waals surface area contributed by atoms with E-state index in [9.17, 15) is 13.6 Å². The maximum absolute atomic E-state index is 11.8. The fraction of sp³-hybridized carbons (Fsp3) is 0.562. The highest BCUT2D eigenvalue weighted by molar-refractivity contribution is 7.79. The summed E-state index contributed by atoms with van der Waals surface area (Å²) in [6, 6.07) is 4.63. The zero-order chi connectivity index (χ0) is 19.0. The van der Waals surface area contributed by atoms with E-state index in [4.69, 9.17) is 14.0 Å². The minimum absolute atomic E-state index is 0.112. The molecule has 0 aliphatic carbocycles. The molecule has 1 fully saturated rings. The van der Waals surface area contributed by atoms with Crippen molar-refractivity contribution in [3.63, 3.8) is 0 Å². The van der Waals surface area contributed by atoms with Crippen LogP contribution in [0.1, 0.15) is 41.5 Å². The number of carbonyl (C=O) groups is 1. The van der Waals surface area contributed by atoms with Gasteiger partial charge >= 0.3 is 13.2 Å². The Morgan fingerprint density at radius 1 is 1.24 bits per heavy atom. The first-order chi connectivity index (χ1) is 11.4. The van der Waals surface area contributed by atoms with Crippen LogP contribution in [0.25, 0.3) is 0 Å². The van der Waals surface area contributed by atoms with E-state index < -0.39 is 35.5 Å². The molecule has 1 aliphatic rings. The van der Waals surface area contributed by atoms with Crippen molar-refractivity contribution >= 4 is 35.4 Å². The van der Waals surface area contributed by atoms with E-state index in [0.29, 0.717) is 11.2 Å².